The number of rotatable bonds is 6. The lowest BCUT2D eigenvalue weighted by molar-refractivity contribution is 0.102. The van der Waals surface area contributed by atoms with Crippen LogP contribution in [0.2, 0.25) is 0 Å². The van der Waals surface area contributed by atoms with E-state index >= 15 is 0 Å². The SMILES string of the molecule is CC1CCN(CCc2cccc(NC(=O)c3ccc(-n4cncn4)c(F)c3)c2)CC1. The zero-order valence-corrected chi connectivity index (χ0v) is 17.1. The van der Waals surface area contributed by atoms with Crippen LogP contribution in [-0.2, 0) is 6.42 Å². The van der Waals surface area contributed by atoms with Crippen molar-refractivity contribution in [3.8, 4) is 5.69 Å². The fourth-order valence-corrected chi connectivity index (χ4v) is 3.75. The van der Waals surface area contributed by atoms with Crippen LogP contribution in [0.3, 0.4) is 0 Å². The summed E-state index contributed by atoms with van der Waals surface area (Å²) in [6.07, 6.45) is 6.22. The van der Waals surface area contributed by atoms with Crippen molar-refractivity contribution >= 4 is 11.6 Å². The van der Waals surface area contributed by atoms with Gasteiger partial charge in [-0.2, -0.15) is 5.10 Å². The van der Waals surface area contributed by atoms with Crippen molar-refractivity contribution in [1.82, 2.24) is 19.7 Å². The normalized spacial score (nSPS) is 15.3. The van der Waals surface area contributed by atoms with Gasteiger partial charge < -0.3 is 10.2 Å². The van der Waals surface area contributed by atoms with Crippen LogP contribution in [0.25, 0.3) is 5.69 Å². The Hall–Kier alpha value is -3.06. The summed E-state index contributed by atoms with van der Waals surface area (Å²) >= 11 is 0. The second-order valence-corrected chi connectivity index (χ2v) is 7.93. The minimum atomic E-state index is -0.530. The molecule has 0 bridgehead atoms. The average molecular weight is 407 g/mol. The molecular formula is C23H26FN5O. The van der Waals surface area contributed by atoms with Gasteiger partial charge in [0.25, 0.3) is 5.91 Å². The number of nitrogens with one attached hydrogen (secondary N) is 1. The lowest BCUT2D eigenvalue weighted by atomic mass is 9.99. The summed E-state index contributed by atoms with van der Waals surface area (Å²) in [6, 6.07) is 12.2. The first-order valence-electron chi connectivity index (χ1n) is 10.4. The average Bonchev–Trinajstić information content (AvgIpc) is 3.28. The molecule has 4 rings (SSSR count). The van der Waals surface area contributed by atoms with E-state index in [2.05, 4.69) is 33.3 Å². The molecule has 2 aromatic carbocycles. The molecule has 0 unspecified atom stereocenters. The van der Waals surface area contributed by atoms with Gasteiger partial charge >= 0.3 is 0 Å². The number of anilines is 1. The van der Waals surface area contributed by atoms with E-state index in [-0.39, 0.29) is 17.2 Å². The summed E-state index contributed by atoms with van der Waals surface area (Å²) in [5.74, 6) is -0.0473. The molecule has 1 N–H and O–H groups in total. The Balaban J connectivity index is 1.37. The molecule has 30 heavy (non-hydrogen) atoms. The van der Waals surface area contributed by atoms with Crippen LogP contribution < -0.4 is 5.32 Å². The van der Waals surface area contributed by atoms with Crippen molar-refractivity contribution in [3.05, 3.63) is 72.1 Å². The number of aromatic nitrogens is 3. The highest BCUT2D eigenvalue weighted by molar-refractivity contribution is 6.04. The number of amides is 1. The van der Waals surface area contributed by atoms with Gasteiger partial charge in [-0.1, -0.05) is 19.1 Å². The van der Waals surface area contributed by atoms with Crippen molar-refractivity contribution in [1.29, 1.82) is 0 Å². The van der Waals surface area contributed by atoms with Gasteiger partial charge in [0.05, 0.1) is 0 Å². The third kappa shape index (κ3) is 4.91. The molecule has 0 spiro atoms. The summed E-state index contributed by atoms with van der Waals surface area (Å²) in [4.78, 5) is 18.9. The maximum Gasteiger partial charge on any atom is 0.255 e. The number of carbonyl (C=O) groups excluding carboxylic acids is 1. The van der Waals surface area contributed by atoms with Gasteiger partial charge in [-0.3, -0.25) is 4.79 Å². The van der Waals surface area contributed by atoms with Crippen LogP contribution in [0, 0.1) is 11.7 Å². The Morgan fingerprint density at radius 3 is 2.77 bits per heavy atom. The highest BCUT2D eigenvalue weighted by Crippen LogP contribution is 2.19. The summed E-state index contributed by atoms with van der Waals surface area (Å²) < 4.78 is 15.7. The van der Waals surface area contributed by atoms with Crippen LogP contribution in [-0.4, -0.2) is 45.2 Å². The Labute approximate surface area is 175 Å². The molecule has 3 aromatic rings. The molecule has 2 heterocycles. The molecule has 0 radical (unpaired) electrons. The van der Waals surface area contributed by atoms with Crippen LogP contribution in [0.15, 0.2) is 55.1 Å². The molecule has 0 saturated carbocycles. The van der Waals surface area contributed by atoms with Crippen LogP contribution in [0.5, 0.6) is 0 Å². The van der Waals surface area contributed by atoms with Gasteiger partial charge in [-0.05, 0) is 74.2 Å². The quantitative estimate of drug-likeness (QED) is 0.672. The van der Waals surface area contributed by atoms with E-state index in [0.717, 1.165) is 32.0 Å². The first-order chi connectivity index (χ1) is 14.6. The Kier molecular flexibility index (Phi) is 6.18. The van der Waals surface area contributed by atoms with E-state index in [9.17, 15) is 9.18 Å². The minimum Gasteiger partial charge on any atom is -0.322 e. The van der Waals surface area contributed by atoms with E-state index in [1.165, 1.54) is 47.9 Å². The zero-order chi connectivity index (χ0) is 20.9. The predicted molar refractivity (Wildman–Crippen MR) is 114 cm³/mol. The van der Waals surface area contributed by atoms with E-state index in [4.69, 9.17) is 0 Å². The van der Waals surface area contributed by atoms with Gasteiger partial charge in [-0.15, -0.1) is 0 Å². The number of nitrogens with zero attached hydrogens (tertiary/aromatic N) is 4. The molecule has 0 atom stereocenters. The van der Waals surface area contributed by atoms with Crippen LogP contribution in [0.4, 0.5) is 10.1 Å². The molecule has 1 fully saturated rings. The molecule has 156 valence electrons. The summed E-state index contributed by atoms with van der Waals surface area (Å²) in [5.41, 5.74) is 2.40. The number of likely N-dealkylation sites (tertiary alicyclic amines) is 1. The lowest BCUT2D eigenvalue weighted by Gasteiger charge is -2.30. The molecule has 0 aliphatic carbocycles. The number of halogens is 1. The van der Waals surface area contributed by atoms with Crippen LogP contribution >= 0.6 is 0 Å². The summed E-state index contributed by atoms with van der Waals surface area (Å²) in [6.45, 7) is 5.66. The number of hydrogen-bond donors (Lipinski definition) is 1. The Morgan fingerprint density at radius 1 is 1.20 bits per heavy atom. The monoisotopic (exact) mass is 407 g/mol. The highest BCUT2D eigenvalue weighted by Gasteiger charge is 2.15. The van der Waals surface area contributed by atoms with Gasteiger partial charge in [0, 0.05) is 17.8 Å². The fourth-order valence-electron chi connectivity index (χ4n) is 3.75. The molecule has 7 heteroatoms. The van der Waals surface area contributed by atoms with E-state index in [0.29, 0.717) is 5.69 Å². The topological polar surface area (TPSA) is 63.1 Å². The zero-order valence-electron chi connectivity index (χ0n) is 17.1. The van der Waals surface area contributed by atoms with Gasteiger partial charge in [0.15, 0.2) is 0 Å². The maximum absolute atomic E-state index is 14.4. The number of hydrogen-bond acceptors (Lipinski definition) is 4. The Bertz CT molecular complexity index is 997. The number of piperidine rings is 1. The largest absolute Gasteiger partial charge is 0.322 e. The van der Waals surface area contributed by atoms with Crippen molar-refractivity contribution < 1.29 is 9.18 Å². The third-order valence-electron chi connectivity index (χ3n) is 5.65. The summed E-state index contributed by atoms with van der Waals surface area (Å²) in [7, 11) is 0. The van der Waals surface area contributed by atoms with E-state index in [1.807, 2.05) is 18.2 Å². The fraction of sp³-hybridized carbons (Fsp3) is 0.348. The first-order valence-corrected chi connectivity index (χ1v) is 10.4. The van der Waals surface area contributed by atoms with E-state index in [1.54, 1.807) is 6.07 Å². The minimum absolute atomic E-state index is 0.248. The molecule has 1 aliphatic heterocycles. The number of benzene rings is 2. The second-order valence-electron chi connectivity index (χ2n) is 7.93. The van der Waals surface area contributed by atoms with Crippen LogP contribution in [0.1, 0.15) is 35.7 Å². The van der Waals surface area contributed by atoms with Crippen molar-refractivity contribution in [2.45, 2.75) is 26.2 Å². The molecular weight excluding hydrogens is 381 g/mol. The molecule has 1 aliphatic rings. The van der Waals surface area contributed by atoms with Crippen molar-refractivity contribution in [3.63, 3.8) is 0 Å². The maximum atomic E-state index is 14.4. The molecule has 1 aromatic heterocycles. The number of carbonyl (C=O) groups is 1. The van der Waals surface area contributed by atoms with Gasteiger partial charge in [0.1, 0.15) is 24.2 Å². The summed E-state index contributed by atoms with van der Waals surface area (Å²) in [5, 5.41) is 6.79. The van der Waals surface area contributed by atoms with Gasteiger partial charge in [-0.25, -0.2) is 14.1 Å². The lowest BCUT2D eigenvalue weighted by Crippen LogP contribution is -2.34. The Morgan fingerprint density at radius 2 is 2.03 bits per heavy atom. The highest BCUT2D eigenvalue weighted by atomic mass is 19.1. The molecule has 6 nitrogen and oxygen atoms in total. The van der Waals surface area contributed by atoms with Gasteiger partial charge in [0.2, 0.25) is 0 Å². The standard InChI is InChI=1S/C23H26FN5O/c1-17-7-10-28(11-8-17)12-9-18-3-2-4-20(13-18)27-23(30)19-5-6-22(21(24)14-19)29-16-25-15-26-29/h2-6,13-17H,7-12H2,1H3,(H,27,30). The van der Waals surface area contributed by atoms with Crippen molar-refractivity contribution in [2.75, 3.05) is 25.0 Å². The third-order valence-corrected chi connectivity index (χ3v) is 5.65. The predicted octanol–water partition coefficient (Wildman–Crippen LogP) is 3.93. The van der Waals surface area contributed by atoms with Crippen molar-refractivity contribution in [2.24, 2.45) is 5.92 Å². The smallest absolute Gasteiger partial charge is 0.255 e. The molecule has 1 amide bonds. The first kappa shape index (κ1) is 20.2. The van der Waals surface area contributed by atoms with E-state index < -0.39 is 5.82 Å². The second kappa shape index (κ2) is 9.17. The molecule has 1 saturated heterocycles.